The van der Waals surface area contributed by atoms with Gasteiger partial charge in [0.1, 0.15) is 11.5 Å². The Hall–Kier alpha value is -2.90. The fraction of sp³-hybridized carbons (Fsp3) is 0.350. The maximum absolute atomic E-state index is 12.5. The molecule has 1 heterocycles. The van der Waals surface area contributed by atoms with Crippen molar-refractivity contribution in [2.75, 3.05) is 6.61 Å². The molecule has 0 radical (unpaired) electrons. The second-order valence-electron chi connectivity index (χ2n) is 6.51. The van der Waals surface area contributed by atoms with Gasteiger partial charge in [-0.25, -0.2) is 0 Å². The topological polar surface area (TPSA) is 68.3 Å². The number of halogens is 3. The monoisotopic (exact) mass is 394 g/mol. The summed E-state index contributed by atoms with van der Waals surface area (Å²) >= 11 is 0. The summed E-state index contributed by atoms with van der Waals surface area (Å²) in [7, 11) is 0. The van der Waals surface area contributed by atoms with E-state index in [1.165, 1.54) is 19.1 Å². The van der Waals surface area contributed by atoms with E-state index in [9.17, 15) is 22.8 Å². The zero-order valence-electron chi connectivity index (χ0n) is 15.8. The minimum absolute atomic E-state index is 0.00863. The number of nitrogens with zero attached hydrogens (tertiary/aromatic N) is 1. The van der Waals surface area contributed by atoms with Crippen molar-refractivity contribution >= 4 is 11.7 Å². The van der Waals surface area contributed by atoms with Crippen LogP contribution >= 0.6 is 0 Å². The van der Waals surface area contributed by atoms with Crippen LogP contribution in [-0.4, -0.2) is 23.3 Å². The zero-order valence-corrected chi connectivity index (χ0v) is 15.8. The van der Waals surface area contributed by atoms with Crippen molar-refractivity contribution < 1.29 is 27.5 Å². The molecule has 1 unspecified atom stereocenters. The Morgan fingerprint density at radius 3 is 2.39 bits per heavy atom. The predicted molar refractivity (Wildman–Crippen MR) is 96.9 cm³/mol. The molecule has 2 rings (SSSR count). The summed E-state index contributed by atoms with van der Waals surface area (Å²) in [5.41, 5.74) is 1.37. The molecule has 2 aromatic rings. The van der Waals surface area contributed by atoms with Crippen LogP contribution in [0.3, 0.4) is 0 Å². The Balaban J connectivity index is 1.94. The van der Waals surface area contributed by atoms with Crippen molar-refractivity contribution in [1.82, 2.24) is 10.3 Å². The molecular formula is C20H21F3N2O3. The van der Waals surface area contributed by atoms with E-state index >= 15 is 0 Å². The smallest absolute Gasteiger partial charge is 0.416 e. The van der Waals surface area contributed by atoms with Crippen molar-refractivity contribution in [2.45, 2.75) is 39.4 Å². The normalized spacial score (nSPS) is 12.4. The number of aromatic nitrogens is 1. The largest absolute Gasteiger partial charge is 0.484 e. The Morgan fingerprint density at radius 1 is 1.18 bits per heavy atom. The molecule has 1 aromatic carbocycles. The fourth-order valence-electron chi connectivity index (χ4n) is 2.62. The van der Waals surface area contributed by atoms with Crippen LogP contribution in [0.25, 0.3) is 0 Å². The summed E-state index contributed by atoms with van der Waals surface area (Å²) in [6.45, 7) is 4.73. The van der Waals surface area contributed by atoms with Gasteiger partial charge in [0.05, 0.1) is 11.6 Å². The van der Waals surface area contributed by atoms with Crippen LogP contribution in [0.4, 0.5) is 13.2 Å². The summed E-state index contributed by atoms with van der Waals surface area (Å²) in [6, 6.07) is 7.34. The zero-order chi connectivity index (χ0) is 20.9. The first-order valence-corrected chi connectivity index (χ1v) is 8.61. The van der Waals surface area contributed by atoms with Gasteiger partial charge in [-0.1, -0.05) is 0 Å². The number of benzene rings is 1. The molecule has 0 aliphatic rings. The second-order valence-corrected chi connectivity index (χ2v) is 6.51. The van der Waals surface area contributed by atoms with Crippen LogP contribution in [0, 0.1) is 6.92 Å². The minimum Gasteiger partial charge on any atom is -0.484 e. The number of ether oxygens (including phenoxy) is 1. The van der Waals surface area contributed by atoms with Crippen LogP contribution in [0.5, 0.6) is 5.75 Å². The van der Waals surface area contributed by atoms with Crippen LogP contribution in [-0.2, 0) is 22.2 Å². The highest BCUT2D eigenvalue weighted by atomic mass is 19.4. The van der Waals surface area contributed by atoms with Gasteiger partial charge in [-0.2, -0.15) is 13.2 Å². The number of alkyl halides is 3. The SMILES string of the molecule is CC(=O)Cc1cc(C(C)NC(=O)COc2ccc(C(F)(F)F)cc2)cc(C)n1. The quantitative estimate of drug-likeness (QED) is 0.776. The Morgan fingerprint density at radius 2 is 1.82 bits per heavy atom. The number of carbonyl (C=O) groups is 2. The van der Waals surface area contributed by atoms with E-state index in [2.05, 4.69) is 10.3 Å². The summed E-state index contributed by atoms with van der Waals surface area (Å²) < 4.78 is 42.8. The minimum atomic E-state index is -4.42. The number of Topliss-reactive ketones (excluding diaryl/α,β-unsaturated/α-hetero) is 1. The molecule has 0 bridgehead atoms. The maximum Gasteiger partial charge on any atom is 0.416 e. The molecule has 1 aromatic heterocycles. The first-order valence-electron chi connectivity index (χ1n) is 8.61. The summed E-state index contributed by atoms with van der Waals surface area (Å²) in [5, 5.41) is 2.75. The molecule has 150 valence electrons. The van der Waals surface area contributed by atoms with Gasteiger partial charge in [-0.15, -0.1) is 0 Å². The van der Waals surface area contributed by atoms with Crippen LogP contribution in [0.15, 0.2) is 36.4 Å². The molecule has 0 aliphatic heterocycles. The van der Waals surface area contributed by atoms with E-state index in [1.54, 1.807) is 19.9 Å². The van der Waals surface area contributed by atoms with Gasteiger partial charge >= 0.3 is 6.18 Å². The molecule has 1 atom stereocenters. The average molecular weight is 394 g/mol. The molecule has 0 fully saturated rings. The fourth-order valence-corrected chi connectivity index (χ4v) is 2.62. The molecule has 0 aliphatic carbocycles. The van der Waals surface area contributed by atoms with Crippen molar-refractivity contribution in [1.29, 1.82) is 0 Å². The molecule has 8 heteroatoms. The molecule has 1 amide bonds. The van der Waals surface area contributed by atoms with E-state index in [-0.39, 0.29) is 30.6 Å². The number of carbonyl (C=O) groups excluding carboxylic acids is 2. The third-order valence-corrected chi connectivity index (χ3v) is 3.89. The first kappa shape index (κ1) is 21.4. The van der Waals surface area contributed by atoms with E-state index < -0.39 is 17.6 Å². The average Bonchev–Trinajstić information content (AvgIpc) is 2.58. The number of aryl methyl sites for hydroxylation is 1. The highest BCUT2D eigenvalue weighted by Crippen LogP contribution is 2.30. The Labute approximate surface area is 160 Å². The van der Waals surface area contributed by atoms with Crippen LogP contribution in [0.1, 0.15) is 42.4 Å². The molecular weight excluding hydrogens is 373 g/mol. The van der Waals surface area contributed by atoms with Gasteiger partial charge in [0.25, 0.3) is 5.91 Å². The Kier molecular flexibility index (Phi) is 6.77. The molecule has 28 heavy (non-hydrogen) atoms. The van der Waals surface area contributed by atoms with Gasteiger partial charge in [0.15, 0.2) is 6.61 Å². The van der Waals surface area contributed by atoms with Gasteiger partial charge in [0, 0.05) is 17.8 Å². The third kappa shape index (κ3) is 6.37. The van der Waals surface area contributed by atoms with Crippen molar-refractivity contribution in [3.8, 4) is 5.75 Å². The van der Waals surface area contributed by atoms with E-state index in [1.807, 2.05) is 6.07 Å². The predicted octanol–water partition coefficient (Wildman–Crippen LogP) is 3.80. The number of amides is 1. The number of nitrogens with one attached hydrogen (secondary N) is 1. The van der Waals surface area contributed by atoms with Crippen molar-refractivity contribution in [2.24, 2.45) is 0 Å². The summed E-state index contributed by atoms with van der Waals surface area (Å²) in [4.78, 5) is 27.7. The third-order valence-electron chi connectivity index (χ3n) is 3.89. The standard InChI is InChI=1S/C20H21F3N2O3/c1-12-8-15(10-17(24-12)9-13(2)26)14(3)25-19(27)11-28-18-6-4-16(5-7-18)20(21,22)23/h4-8,10,14H,9,11H2,1-3H3,(H,25,27). The van der Waals surface area contributed by atoms with E-state index in [0.29, 0.717) is 5.69 Å². The first-order chi connectivity index (χ1) is 13.0. The molecule has 1 N–H and O–H groups in total. The number of hydrogen-bond donors (Lipinski definition) is 1. The lowest BCUT2D eigenvalue weighted by Gasteiger charge is -2.16. The summed E-state index contributed by atoms with van der Waals surface area (Å²) in [6.07, 6.45) is -4.21. The van der Waals surface area contributed by atoms with Gasteiger partial charge in [-0.3, -0.25) is 14.6 Å². The molecule has 0 saturated heterocycles. The highest BCUT2D eigenvalue weighted by Gasteiger charge is 2.30. The van der Waals surface area contributed by atoms with Crippen LogP contribution < -0.4 is 10.1 Å². The van der Waals surface area contributed by atoms with E-state index in [4.69, 9.17) is 4.74 Å². The highest BCUT2D eigenvalue weighted by molar-refractivity contribution is 5.78. The number of pyridine rings is 1. The second kappa shape index (κ2) is 8.86. The van der Waals surface area contributed by atoms with Gasteiger partial charge in [-0.05, 0) is 62.7 Å². The molecule has 5 nitrogen and oxygen atoms in total. The number of hydrogen-bond acceptors (Lipinski definition) is 4. The van der Waals surface area contributed by atoms with Gasteiger partial charge in [0.2, 0.25) is 0 Å². The van der Waals surface area contributed by atoms with Crippen molar-refractivity contribution in [3.05, 3.63) is 58.9 Å². The molecule has 0 saturated carbocycles. The lowest BCUT2D eigenvalue weighted by atomic mass is 10.1. The van der Waals surface area contributed by atoms with Crippen LogP contribution in [0.2, 0.25) is 0 Å². The van der Waals surface area contributed by atoms with E-state index in [0.717, 1.165) is 23.4 Å². The lowest BCUT2D eigenvalue weighted by molar-refractivity contribution is -0.137. The van der Waals surface area contributed by atoms with Crippen molar-refractivity contribution in [3.63, 3.8) is 0 Å². The maximum atomic E-state index is 12.5. The lowest BCUT2D eigenvalue weighted by Crippen LogP contribution is -2.31. The number of rotatable bonds is 7. The summed E-state index contributed by atoms with van der Waals surface area (Å²) in [5.74, 6) is -0.264. The number of ketones is 1. The van der Waals surface area contributed by atoms with Gasteiger partial charge < -0.3 is 10.1 Å². The molecule has 0 spiro atoms. The Bertz CT molecular complexity index is 849.